The fourth-order valence-electron chi connectivity index (χ4n) is 2.05. The van der Waals surface area contributed by atoms with Crippen molar-refractivity contribution >= 4 is 0 Å². The number of hydrogen-bond donors (Lipinski definition) is 1. The highest BCUT2D eigenvalue weighted by Gasteiger charge is 2.31. The molecular formula is C12H22O5. The molecule has 0 heterocycles. The van der Waals surface area contributed by atoms with E-state index in [4.69, 9.17) is 18.9 Å². The van der Waals surface area contributed by atoms with E-state index in [-0.39, 0.29) is 31.2 Å². The zero-order chi connectivity index (χ0) is 12.5. The van der Waals surface area contributed by atoms with Crippen LogP contribution >= 0.6 is 0 Å². The average Bonchev–Trinajstić information content (AvgIpc) is 2.73. The van der Waals surface area contributed by atoms with Crippen molar-refractivity contribution in [2.24, 2.45) is 17.8 Å². The molecule has 0 aromatic carbocycles. The molecule has 100 valence electrons. The van der Waals surface area contributed by atoms with Gasteiger partial charge in [0.1, 0.15) is 13.6 Å². The van der Waals surface area contributed by atoms with E-state index in [1.54, 1.807) is 14.2 Å². The van der Waals surface area contributed by atoms with E-state index >= 15 is 0 Å². The number of hydrogen-bond acceptors (Lipinski definition) is 5. The molecule has 1 rings (SSSR count). The molecule has 0 radical (unpaired) electrons. The lowest BCUT2D eigenvalue weighted by atomic mass is 9.90. The van der Waals surface area contributed by atoms with Crippen molar-refractivity contribution in [3.63, 3.8) is 0 Å². The van der Waals surface area contributed by atoms with Crippen molar-refractivity contribution in [1.29, 1.82) is 0 Å². The molecule has 0 bridgehead atoms. The zero-order valence-electron chi connectivity index (χ0n) is 10.5. The first-order chi connectivity index (χ1) is 8.33. The Kier molecular flexibility index (Phi) is 7.39. The van der Waals surface area contributed by atoms with Crippen molar-refractivity contribution < 1.29 is 24.1 Å². The number of ether oxygens (including phenoxy) is 4. The van der Waals surface area contributed by atoms with Crippen LogP contribution in [0, 0.1) is 17.8 Å². The Labute approximate surface area is 102 Å². The van der Waals surface area contributed by atoms with Crippen LogP contribution in [0.5, 0.6) is 0 Å². The van der Waals surface area contributed by atoms with E-state index in [9.17, 15) is 5.11 Å². The van der Waals surface area contributed by atoms with Gasteiger partial charge in [0.15, 0.2) is 0 Å². The lowest BCUT2D eigenvalue weighted by Gasteiger charge is -2.23. The van der Waals surface area contributed by atoms with E-state index in [1.807, 2.05) is 6.08 Å². The van der Waals surface area contributed by atoms with Crippen LogP contribution in [-0.2, 0) is 18.9 Å². The molecular weight excluding hydrogens is 224 g/mol. The van der Waals surface area contributed by atoms with E-state index in [2.05, 4.69) is 6.08 Å². The summed E-state index contributed by atoms with van der Waals surface area (Å²) < 4.78 is 20.4. The van der Waals surface area contributed by atoms with Crippen molar-refractivity contribution in [2.75, 3.05) is 47.6 Å². The molecule has 0 amide bonds. The first kappa shape index (κ1) is 14.6. The minimum absolute atomic E-state index is 0.137. The maximum absolute atomic E-state index is 9.28. The fourth-order valence-corrected chi connectivity index (χ4v) is 2.05. The summed E-state index contributed by atoms with van der Waals surface area (Å²) in [5.74, 6) is 0.647. The van der Waals surface area contributed by atoms with Crippen LogP contribution < -0.4 is 0 Å². The van der Waals surface area contributed by atoms with Gasteiger partial charge < -0.3 is 24.1 Å². The van der Waals surface area contributed by atoms with E-state index in [1.165, 1.54) is 0 Å². The average molecular weight is 246 g/mol. The topological polar surface area (TPSA) is 57.2 Å². The molecule has 0 aliphatic heterocycles. The molecule has 0 aromatic rings. The molecule has 5 nitrogen and oxygen atoms in total. The molecule has 1 aliphatic carbocycles. The summed E-state index contributed by atoms with van der Waals surface area (Å²) in [5, 5.41) is 9.28. The standard InChI is InChI=1S/C12H22O5/c1-14-8-16-6-11-4-3-10(5-13)12(11)7-17-9-15-2/h3-4,10-13H,5-9H2,1-2H3/t10-,11+,12-/m0/s1. The Hall–Kier alpha value is -0.460. The lowest BCUT2D eigenvalue weighted by Crippen LogP contribution is -2.27. The Morgan fingerprint density at radius 1 is 0.941 bits per heavy atom. The first-order valence-electron chi connectivity index (χ1n) is 5.76. The third kappa shape index (κ3) is 4.73. The smallest absolute Gasteiger partial charge is 0.146 e. The second-order valence-electron chi connectivity index (χ2n) is 4.11. The monoisotopic (exact) mass is 246 g/mol. The van der Waals surface area contributed by atoms with Crippen molar-refractivity contribution in [2.45, 2.75) is 0 Å². The molecule has 1 aliphatic rings. The molecule has 0 saturated heterocycles. The van der Waals surface area contributed by atoms with Crippen LogP contribution in [0.25, 0.3) is 0 Å². The van der Waals surface area contributed by atoms with Crippen LogP contribution in [0.1, 0.15) is 0 Å². The number of aliphatic hydroxyl groups excluding tert-OH is 1. The minimum atomic E-state index is 0.137. The quantitative estimate of drug-likeness (QED) is 0.367. The van der Waals surface area contributed by atoms with Gasteiger partial charge in [-0.1, -0.05) is 12.2 Å². The van der Waals surface area contributed by atoms with Gasteiger partial charge in [-0.15, -0.1) is 0 Å². The Balaban J connectivity index is 2.35. The molecule has 17 heavy (non-hydrogen) atoms. The SMILES string of the molecule is COCOC[C@@H]1[C@@H](COCOC)C=C[C@H]1CO. The highest BCUT2D eigenvalue weighted by Crippen LogP contribution is 2.31. The summed E-state index contributed by atoms with van der Waals surface area (Å²) in [6.45, 7) is 1.85. The predicted molar refractivity (Wildman–Crippen MR) is 62.4 cm³/mol. The number of aliphatic hydroxyl groups is 1. The molecule has 0 unspecified atom stereocenters. The molecule has 1 N–H and O–H groups in total. The number of methoxy groups -OCH3 is 2. The van der Waals surface area contributed by atoms with Gasteiger partial charge in [0.05, 0.1) is 13.2 Å². The summed E-state index contributed by atoms with van der Waals surface area (Å²) in [4.78, 5) is 0. The van der Waals surface area contributed by atoms with Gasteiger partial charge in [0, 0.05) is 32.7 Å². The van der Waals surface area contributed by atoms with Crippen molar-refractivity contribution in [1.82, 2.24) is 0 Å². The van der Waals surface area contributed by atoms with Gasteiger partial charge in [-0.2, -0.15) is 0 Å². The third-order valence-electron chi connectivity index (χ3n) is 2.94. The fraction of sp³-hybridized carbons (Fsp3) is 0.833. The first-order valence-corrected chi connectivity index (χ1v) is 5.76. The van der Waals surface area contributed by atoms with Crippen LogP contribution in [0.3, 0.4) is 0 Å². The zero-order valence-corrected chi connectivity index (χ0v) is 10.5. The van der Waals surface area contributed by atoms with Gasteiger partial charge in [-0.05, 0) is 5.92 Å². The second kappa shape index (κ2) is 8.60. The molecule has 0 aromatic heterocycles. The second-order valence-corrected chi connectivity index (χ2v) is 4.11. The van der Waals surface area contributed by atoms with Gasteiger partial charge in [-0.3, -0.25) is 0 Å². The molecule has 0 saturated carbocycles. The Morgan fingerprint density at radius 3 is 2.12 bits per heavy atom. The van der Waals surface area contributed by atoms with Gasteiger partial charge in [0.25, 0.3) is 0 Å². The summed E-state index contributed by atoms with van der Waals surface area (Å²) in [5.41, 5.74) is 0. The van der Waals surface area contributed by atoms with Gasteiger partial charge in [0.2, 0.25) is 0 Å². The van der Waals surface area contributed by atoms with E-state index < -0.39 is 0 Å². The summed E-state index contributed by atoms with van der Waals surface area (Å²) >= 11 is 0. The van der Waals surface area contributed by atoms with E-state index in [0.29, 0.717) is 20.0 Å². The van der Waals surface area contributed by atoms with Crippen LogP contribution in [0.15, 0.2) is 12.2 Å². The van der Waals surface area contributed by atoms with Gasteiger partial charge in [-0.25, -0.2) is 0 Å². The molecule has 0 spiro atoms. The highest BCUT2D eigenvalue weighted by molar-refractivity contribution is 5.06. The van der Waals surface area contributed by atoms with Gasteiger partial charge >= 0.3 is 0 Å². The molecule has 5 heteroatoms. The van der Waals surface area contributed by atoms with Crippen LogP contribution in [0.2, 0.25) is 0 Å². The normalized spacial score (nSPS) is 27.8. The maximum Gasteiger partial charge on any atom is 0.146 e. The largest absolute Gasteiger partial charge is 0.396 e. The van der Waals surface area contributed by atoms with Crippen LogP contribution in [0.4, 0.5) is 0 Å². The third-order valence-corrected chi connectivity index (χ3v) is 2.94. The number of rotatable bonds is 9. The minimum Gasteiger partial charge on any atom is -0.396 e. The van der Waals surface area contributed by atoms with Crippen molar-refractivity contribution in [3.05, 3.63) is 12.2 Å². The maximum atomic E-state index is 9.28. The van der Waals surface area contributed by atoms with Crippen molar-refractivity contribution in [3.8, 4) is 0 Å². The van der Waals surface area contributed by atoms with E-state index in [0.717, 1.165) is 0 Å². The predicted octanol–water partition coefficient (Wildman–Crippen LogP) is 0.638. The molecule has 3 atom stereocenters. The Morgan fingerprint density at radius 2 is 1.53 bits per heavy atom. The van der Waals surface area contributed by atoms with Crippen LogP contribution in [-0.4, -0.2) is 52.7 Å². The Bertz CT molecular complexity index is 219. The molecule has 0 fully saturated rings. The summed E-state index contributed by atoms with van der Waals surface area (Å²) in [7, 11) is 3.19. The summed E-state index contributed by atoms with van der Waals surface area (Å²) in [6.07, 6.45) is 4.11. The summed E-state index contributed by atoms with van der Waals surface area (Å²) in [6, 6.07) is 0. The lowest BCUT2D eigenvalue weighted by molar-refractivity contribution is -0.0727. The highest BCUT2D eigenvalue weighted by atomic mass is 16.7.